The number of ether oxygens (including phenoxy) is 2. The van der Waals surface area contributed by atoms with Gasteiger partial charge in [-0.1, -0.05) is 49.4 Å². The first-order valence-corrected chi connectivity index (χ1v) is 12.6. The molecule has 0 saturated carbocycles. The van der Waals surface area contributed by atoms with Crippen molar-refractivity contribution >= 4 is 13.6 Å². The van der Waals surface area contributed by atoms with E-state index in [-0.39, 0.29) is 19.6 Å². The molecule has 0 heterocycles. The predicted octanol–water partition coefficient (Wildman–Crippen LogP) is 6.00. The molecule has 0 N–H and O–H groups in total. The number of carbonyl (C=O) groups is 1. The summed E-state index contributed by atoms with van der Waals surface area (Å²) in [6.45, 7) is 9.18. The van der Waals surface area contributed by atoms with Crippen LogP contribution in [0.1, 0.15) is 51.7 Å². The Labute approximate surface area is 191 Å². The van der Waals surface area contributed by atoms with E-state index in [1.807, 2.05) is 61.5 Å². The van der Waals surface area contributed by atoms with E-state index in [9.17, 15) is 9.36 Å². The van der Waals surface area contributed by atoms with Crippen molar-refractivity contribution in [1.29, 1.82) is 0 Å². The molecule has 0 spiro atoms. The molecule has 0 saturated heterocycles. The highest BCUT2D eigenvalue weighted by Gasteiger charge is 2.61. The zero-order valence-electron chi connectivity index (χ0n) is 19.9. The van der Waals surface area contributed by atoms with Crippen LogP contribution in [-0.4, -0.2) is 37.6 Å². The van der Waals surface area contributed by atoms with Crippen molar-refractivity contribution < 1.29 is 27.9 Å². The second-order valence-corrected chi connectivity index (χ2v) is 10.2. The minimum absolute atomic E-state index is 0.121. The number of hydrogen-bond acceptors (Lipinski definition) is 6. The maximum Gasteiger partial charge on any atom is 0.348 e. The Hall–Kier alpha value is -2.14. The quantitative estimate of drug-likeness (QED) is 0.285. The Balaban J connectivity index is 2.77. The SMILES string of the molecule is CCOP(=O)(OCC)[C@@](Cc1ccc(OC)cc1)(C(=O)OC(C)C)[C@H](C)c1ccccc1. The molecule has 0 aliphatic carbocycles. The van der Waals surface area contributed by atoms with Gasteiger partial charge in [-0.05, 0) is 51.0 Å². The van der Waals surface area contributed by atoms with Crippen molar-refractivity contribution in [1.82, 2.24) is 0 Å². The molecule has 7 heteroatoms. The lowest BCUT2D eigenvalue weighted by Crippen LogP contribution is -2.48. The van der Waals surface area contributed by atoms with Gasteiger partial charge in [0, 0.05) is 12.3 Å². The van der Waals surface area contributed by atoms with E-state index in [1.165, 1.54) is 0 Å². The highest BCUT2D eigenvalue weighted by molar-refractivity contribution is 7.57. The lowest BCUT2D eigenvalue weighted by molar-refractivity contribution is -0.152. The minimum atomic E-state index is -3.98. The van der Waals surface area contributed by atoms with Gasteiger partial charge in [-0.25, -0.2) is 0 Å². The molecule has 0 aliphatic rings. The van der Waals surface area contributed by atoms with Gasteiger partial charge >= 0.3 is 13.6 Å². The van der Waals surface area contributed by atoms with Gasteiger partial charge in [-0.3, -0.25) is 9.36 Å². The first kappa shape index (κ1) is 26.1. The maximum absolute atomic E-state index is 14.4. The first-order chi connectivity index (χ1) is 15.2. The van der Waals surface area contributed by atoms with E-state index in [4.69, 9.17) is 18.5 Å². The molecule has 0 bridgehead atoms. The zero-order chi connectivity index (χ0) is 23.8. The summed E-state index contributed by atoms with van der Waals surface area (Å²) in [5.74, 6) is -0.413. The molecule has 2 rings (SSSR count). The Morgan fingerprint density at radius 3 is 1.97 bits per heavy atom. The van der Waals surface area contributed by atoms with Crippen molar-refractivity contribution in [2.45, 2.75) is 58.2 Å². The Bertz CT molecular complexity index is 886. The van der Waals surface area contributed by atoms with Gasteiger partial charge in [0.1, 0.15) is 5.75 Å². The lowest BCUT2D eigenvalue weighted by atomic mass is 9.82. The molecular weight excluding hydrogens is 427 g/mol. The smallest absolute Gasteiger partial charge is 0.348 e. The van der Waals surface area contributed by atoms with E-state index in [0.29, 0.717) is 5.75 Å². The number of esters is 1. The summed E-state index contributed by atoms with van der Waals surface area (Å²) in [5.41, 5.74) is 1.65. The summed E-state index contributed by atoms with van der Waals surface area (Å²) >= 11 is 0. The molecule has 0 fully saturated rings. The second kappa shape index (κ2) is 11.6. The summed E-state index contributed by atoms with van der Waals surface area (Å²) in [6, 6.07) is 16.9. The predicted molar refractivity (Wildman–Crippen MR) is 126 cm³/mol. The third-order valence-corrected chi connectivity index (χ3v) is 8.33. The Morgan fingerprint density at radius 2 is 1.50 bits per heavy atom. The van der Waals surface area contributed by atoms with Gasteiger partial charge in [-0.2, -0.15) is 0 Å². The van der Waals surface area contributed by atoms with Gasteiger partial charge < -0.3 is 18.5 Å². The van der Waals surface area contributed by atoms with Crippen molar-refractivity contribution in [3.63, 3.8) is 0 Å². The summed E-state index contributed by atoms with van der Waals surface area (Å²) in [4.78, 5) is 13.8. The molecule has 0 amide bonds. The van der Waals surface area contributed by atoms with Crippen LogP contribution in [0.15, 0.2) is 54.6 Å². The third kappa shape index (κ3) is 5.61. The van der Waals surface area contributed by atoms with Crippen LogP contribution in [-0.2, 0) is 29.6 Å². The number of carbonyl (C=O) groups excluding carboxylic acids is 1. The molecule has 0 aliphatic heterocycles. The fraction of sp³-hybridized carbons (Fsp3) is 0.480. The van der Waals surface area contributed by atoms with Crippen molar-refractivity contribution in [2.75, 3.05) is 20.3 Å². The highest BCUT2D eigenvalue weighted by Crippen LogP contribution is 2.66. The third-order valence-electron chi connectivity index (χ3n) is 5.43. The van der Waals surface area contributed by atoms with E-state index in [1.54, 1.807) is 34.8 Å². The zero-order valence-corrected chi connectivity index (χ0v) is 20.8. The molecule has 2 atom stereocenters. The average Bonchev–Trinajstić information content (AvgIpc) is 2.77. The van der Waals surface area contributed by atoms with Gasteiger partial charge in [0.05, 0.1) is 26.4 Å². The molecule has 32 heavy (non-hydrogen) atoms. The molecule has 2 aromatic carbocycles. The second-order valence-electron chi connectivity index (χ2n) is 7.87. The molecule has 176 valence electrons. The van der Waals surface area contributed by atoms with Crippen LogP contribution >= 0.6 is 7.60 Å². The van der Waals surface area contributed by atoms with Crippen LogP contribution in [0.4, 0.5) is 0 Å². The molecule has 0 unspecified atom stereocenters. The normalized spacial score (nSPS) is 14.6. The topological polar surface area (TPSA) is 71.1 Å². The Kier molecular flexibility index (Phi) is 9.50. The average molecular weight is 463 g/mol. The molecule has 0 radical (unpaired) electrons. The lowest BCUT2D eigenvalue weighted by Gasteiger charge is -2.41. The van der Waals surface area contributed by atoms with Crippen molar-refractivity contribution in [3.8, 4) is 5.75 Å². The summed E-state index contributed by atoms with van der Waals surface area (Å²) < 4.78 is 37.0. The van der Waals surface area contributed by atoms with Gasteiger partial charge in [0.15, 0.2) is 5.16 Å². The van der Waals surface area contributed by atoms with Crippen LogP contribution in [0.3, 0.4) is 0 Å². The van der Waals surface area contributed by atoms with Gasteiger partial charge in [0.2, 0.25) is 0 Å². The fourth-order valence-corrected chi connectivity index (χ4v) is 6.33. The van der Waals surface area contributed by atoms with Crippen LogP contribution in [0.5, 0.6) is 5.75 Å². The van der Waals surface area contributed by atoms with E-state index < -0.39 is 30.7 Å². The minimum Gasteiger partial charge on any atom is -0.497 e. The molecule has 2 aromatic rings. The maximum atomic E-state index is 14.4. The van der Waals surface area contributed by atoms with E-state index >= 15 is 0 Å². The van der Waals surface area contributed by atoms with Crippen LogP contribution < -0.4 is 4.74 Å². The van der Waals surface area contributed by atoms with Crippen LogP contribution in [0, 0.1) is 0 Å². The van der Waals surface area contributed by atoms with Gasteiger partial charge in [-0.15, -0.1) is 0 Å². The fourth-order valence-electron chi connectivity index (χ4n) is 3.84. The number of hydrogen-bond donors (Lipinski definition) is 0. The first-order valence-electron chi connectivity index (χ1n) is 11.0. The number of methoxy groups -OCH3 is 1. The highest BCUT2D eigenvalue weighted by atomic mass is 31.2. The largest absolute Gasteiger partial charge is 0.497 e. The van der Waals surface area contributed by atoms with Crippen molar-refractivity contribution in [2.24, 2.45) is 0 Å². The van der Waals surface area contributed by atoms with Crippen LogP contribution in [0.2, 0.25) is 0 Å². The van der Waals surface area contributed by atoms with Crippen LogP contribution in [0.25, 0.3) is 0 Å². The Morgan fingerprint density at radius 1 is 0.938 bits per heavy atom. The van der Waals surface area contributed by atoms with Crippen molar-refractivity contribution in [3.05, 3.63) is 65.7 Å². The van der Waals surface area contributed by atoms with E-state index in [0.717, 1.165) is 11.1 Å². The molecule has 0 aromatic heterocycles. The summed E-state index contributed by atoms with van der Waals surface area (Å²) in [7, 11) is -2.39. The molecule has 6 nitrogen and oxygen atoms in total. The summed E-state index contributed by atoms with van der Waals surface area (Å²) in [5, 5.41) is -1.58. The van der Waals surface area contributed by atoms with Gasteiger partial charge in [0.25, 0.3) is 0 Å². The van der Waals surface area contributed by atoms with E-state index in [2.05, 4.69) is 0 Å². The monoisotopic (exact) mass is 462 g/mol. The molecular formula is C25H35O6P. The number of rotatable bonds is 12. The number of benzene rings is 2. The standard InChI is InChI=1S/C25H35O6P/c1-7-29-32(27,30-8-2)25(24(26)31-19(3)4,20(5)22-12-10-9-11-13-22)18-21-14-16-23(28-6)17-15-21/h9-17,19-20H,7-8,18H2,1-6H3/t20-,25-/m1/s1. The summed E-state index contributed by atoms with van der Waals surface area (Å²) in [6.07, 6.45) is -0.270.